The van der Waals surface area contributed by atoms with Crippen molar-refractivity contribution in [3.8, 4) is 0 Å². The highest BCUT2D eigenvalue weighted by Crippen LogP contribution is 2.28. The molecule has 110 valence electrons. The molecule has 0 aliphatic rings. The minimum absolute atomic E-state index is 0.138. The van der Waals surface area contributed by atoms with Gasteiger partial charge in [-0.15, -0.1) is 0 Å². The highest BCUT2D eigenvalue weighted by atomic mass is 127. The number of carbonyl (C=O) groups excluding carboxylic acids is 1. The van der Waals surface area contributed by atoms with Crippen molar-refractivity contribution in [3.63, 3.8) is 0 Å². The molecule has 0 saturated heterocycles. The summed E-state index contributed by atoms with van der Waals surface area (Å²) in [6.07, 6.45) is 1.68. The number of hydrogen-bond acceptors (Lipinski definition) is 2. The van der Waals surface area contributed by atoms with E-state index in [1.54, 1.807) is 18.3 Å². The van der Waals surface area contributed by atoms with E-state index >= 15 is 0 Å². The number of hydrogen-bond donors (Lipinski definition) is 1. The van der Waals surface area contributed by atoms with Gasteiger partial charge in [0.25, 0.3) is 5.91 Å². The maximum Gasteiger partial charge on any atom is 0.256 e. The number of nitrogens with one attached hydrogen (secondary N) is 1. The molecule has 0 aliphatic heterocycles. The van der Waals surface area contributed by atoms with Crippen LogP contribution in [0.4, 0.5) is 5.69 Å². The number of nitrogens with zero attached hydrogens (tertiary/aromatic N) is 1. The second-order valence-electron chi connectivity index (χ2n) is 4.89. The van der Waals surface area contributed by atoms with Gasteiger partial charge >= 0.3 is 0 Å². The highest BCUT2D eigenvalue weighted by Gasteiger charge is 2.13. The van der Waals surface area contributed by atoms with Crippen molar-refractivity contribution in [2.24, 2.45) is 0 Å². The van der Waals surface area contributed by atoms with Crippen molar-refractivity contribution in [2.75, 3.05) is 5.32 Å². The quantitative estimate of drug-likeness (QED) is 0.587. The summed E-state index contributed by atoms with van der Waals surface area (Å²) < 4.78 is 0.953. The fraction of sp³-hybridized carbons (Fsp3) is 0.0588. The molecule has 5 heteroatoms. The van der Waals surface area contributed by atoms with Crippen molar-refractivity contribution in [1.29, 1.82) is 0 Å². The predicted molar refractivity (Wildman–Crippen MR) is 98.6 cm³/mol. The van der Waals surface area contributed by atoms with Gasteiger partial charge < -0.3 is 5.32 Å². The Morgan fingerprint density at radius 2 is 2.00 bits per heavy atom. The van der Waals surface area contributed by atoms with Crippen LogP contribution >= 0.6 is 34.2 Å². The summed E-state index contributed by atoms with van der Waals surface area (Å²) >= 11 is 8.34. The molecule has 1 aromatic heterocycles. The molecule has 2 aromatic carbocycles. The Kier molecular flexibility index (Phi) is 4.31. The number of aryl methyl sites for hydroxylation is 1. The normalized spacial score (nSPS) is 10.7. The van der Waals surface area contributed by atoms with Crippen molar-refractivity contribution in [1.82, 2.24) is 4.98 Å². The molecule has 0 fully saturated rings. The first kappa shape index (κ1) is 15.2. The van der Waals surface area contributed by atoms with Gasteiger partial charge in [-0.3, -0.25) is 9.78 Å². The van der Waals surface area contributed by atoms with Gasteiger partial charge in [-0.25, -0.2) is 0 Å². The molecule has 0 spiro atoms. The van der Waals surface area contributed by atoms with Gasteiger partial charge in [0.1, 0.15) is 0 Å². The van der Waals surface area contributed by atoms with E-state index in [9.17, 15) is 4.79 Å². The standard InChI is InChI=1S/C17H12ClIN2O/c1-10-4-2-5-12(15(10)19)17(22)21-14-8-7-13(18)16-11(14)6-3-9-20-16/h2-9H,1H3,(H,21,22). The molecular weight excluding hydrogens is 411 g/mol. The van der Waals surface area contributed by atoms with E-state index in [0.717, 1.165) is 14.5 Å². The Morgan fingerprint density at radius 1 is 1.18 bits per heavy atom. The Balaban J connectivity index is 2.02. The summed E-state index contributed by atoms with van der Waals surface area (Å²) in [6.45, 7) is 1.99. The summed E-state index contributed by atoms with van der Waals surface area (Å²) in [5.41, 5.74) is 3.12. The maximum atomic E-state index is 12.5. The third-order valence-corrected chi connectivity index (χ3v) is 5.14. The lowest BCUT2D eigenvalue weighted by molar-refractivity contribution is 0.102. The van der Waals surface area contributed by atoms with E-state index in [1.807, 2.05) is 37.3 Å². The lowest BCUT2D eigenvalue weighted by atomic mass is 10.1. The van der Waals surface area contributed by atoms with E-state index in [0.29, 0.717) is 21.8 Å². The minimum Gasteiger partial charge on any atom is -0.321 e. The van der Waals surface area contributed by atoms with Gasteiger partial charge in [-0.05, 0) is 65.4 Å². The van der Waals surface area contributed by atoms with Crippen LogP contribution in [0.15, 0.2) is 48.7 Å². The molecule has 0 bridgehead atoms. The maximum absolute atomic E-state index is 12.5. The average molecular weight is 423 g/mol. The van der Waals surface area contributed by atoms with Crippen molar-refractivity contribution < 1.29 is 4.79 Å². The number of anilines is 1. The zero-order valence-corrected chi connectivity index (χ0v) is 14.6. The number of aromatic nitrogens is 1. The van der Waals surface area contributed by atoms with Crippen LogP contribution in [0.25, 0.3) is 10.9 Å². The van der Waals surface area contributed by atoms with E-state index in [1.165, 1.54) is 0 Å². The second kappa shape index (κ2) is 6.22. The first-order valence-corrected chi connectivity index (χ1v) is 8.13. The van der Waals surface area contributed by atoms with Crippen molar-refractivity contribution in [3.05, 3.63) is 68.4 Å². The monoisotopic (exact) mass is 422 g/mol. The third kappa shape index (κ3) is 2.80. The largest absolute Gasteiger partial charge is 0.321 e. The van der Waals surface area contributed by atoms with Gasteiger partial charge in [-0.2, -0.15) is 0 Å². The number of pyridine rings is 1. The molecule has 0 unspecified atom stereocenters. The van der Waals surface area contributed by atoms with Crippen LogP contribution in [0, 0.1) is 10.5 Å². The Morgan fingerprint density at radius 3 is 2.82 bits per heavy atom. The van der Waals surface area contributed by atoms with Gasteiger partial charge in [0.2, 0.25) is 0 Å². The molecule has 0 aliphatic carbocycles. The summed E-state index contributed by atoms with van der Waals surface area (Å²) in [6, 6.07) is 12.9. The SMILES string of the molecule is Cc1cccc(C(=O)Nc2ccc(Cl)c3ncccc23)c1I. The molecule has 0 saturated carbocycles. The predicted octanol–water partition coefficient (Wildman–Crippen LogP) is 5.05. The van der Waals surface area contributed by atoms with Crippen molar-refractivity contribution >= 4 is 56.7 Å². The Hall–Kier alpha value is -1.66. The number of amides is 1. The van der Waals surface area contributed by atoms with E-state index in [4.69, 9.17) is 11.6 Å². The van der Waals surface area contributed by atoms with E-state index in [-0.39, 0.29) is 5.91 Å². The number of carbonyl (C=O) groups is 1. The smallest absolute Gasteiger partial charge is 0.256 e. The fourth-order valence-corrected chi connectivity index (χ4v) is 3.08. The number of halogens is 2. The van der Waals surface area contributed by atoms with Crippen LogP contribution < -0.4 is 5.32 Å². The lowest BCUT2D eigenvalue weighted by Crippen LogP contribution is -2.14. The number of benzene rings is 2. The van der Waals surface area contributed by atoms with E-state index < -0.39 is 0 Å². The molecular formula is C17H12ClIN2O. The molecule has 0 atom stereocenters. The number of rotatable bonds is 2. The molecule has 3 rings (SSSR count). The van der Waals surface area contributed by atoms with Crippen LogP contribution in [-0.2, 0) is 0 Å². The topological polar surface area (TPSA) is 42.0 Å². The molecule has 0 radical (unpaired) electrons. The molecule has 22 heavy (non-hydrogen) atoms. The molecule has 1 heterocycles. The van der Waals surface area contributed by atoms with Crippen LogP contribution in [0.1, 0.15) is 15.9 Å². The lowest BCUT2D eigenvalue weighted by Gasteiger charge is -2.11. The van der Waals surface area contributed by atoms with Gasteiger partial charge in [0.05, 0.1) is 21.8 Å². The molecule has 1 amide bonds. The van der Waals surface area contributed by atoms with Crippen LogP contribution in [0.3, 0.4) is 0 Å². The van der Waals surface area contributed by atoms with Crippen LogP contribution in [0.5, 0.6) is 0 Å². The summed E-state index contributed by atoms with van der Waals surface area (Å²) in [5.74, 6) is -0.138. The second-order valence-corrected chi connectivity index (χ2v) is 6.37. The zero-order valence-electron chi connectivity index (χ0n) is 11.7. The van der Waals surface area contributed by atoms with Crippen LogP contribution in [0.2, 0.25) is 5.02 Å². The van der Waals surface area contributed by atoms with Crippen molar-refractivity contribution in [2.45, 2.75) is 6.92 Å². The fourth-order valence-electron chi connectivity index (χ4n) is 2.26. The van der Waals surface area contributed by atoms with Gasteiger partial charge in [0.15, 0.2) is 0 Å². The Labute approximate surface area is 146 Å². The molecule has 1 N–H and O–H groups in total. The molecule has 3 aromatic rings. The Bertz CT molecular complexity index is 880. The zero-order chi connectivity index (χ0) is 15.7. The first-order valence-electron chi connectivity index (χ1n) is 6.67. The summed E-state index contributed by atoms with van der Waals surface area (Å²) in [7, 11) is 0. The molecule has 3 nitrogen and oxygen atoms in total. The van der Waals surface area contributed by atoms with Gasteiger partial charge in [-0.1, -0.05) is 23.7 Å². The first-order chi connectivity index (χ1) is 10.6. The summed E-state index contributed by atoms with van der Waals surface area (Å²) in [4.78, 5) is 16.8. The average Bonchev–Trinajstić information content (AvgIpc) is 2.53. The van der Waals surface area contributed by atoms with Crippen LogP contribution in [-0.4, -0.2) is 10.9 Å². The highest BCUT2D eigenvalue weighted by molar-refractivity contribution is 14.1. The third-order valence-electron chi connectivity index (χ3n) is 3.41. The minimum atomic E-state index is -0.138. The van der Waals surface area contributed by atoms with E-state index in [2.05, 4.69) is 32.9 Å². The summed E-state index contributed by atoms with van der Waals surface area (Å²) in [5, 5.41) is 4.35. The number of fused-ring (bicyclic) bond motifs is 1. The van der Waals surface area contributed by atoms with Gasteiger partial charge in [0, 0.05) is 15.2 Å².